The van der Waals surface area contributed by atoms with Gasteiger partial charge in [-0.1, -0.05) is 5.16 Å². The summed E-state index contributed by atoms with van der Waals surface area (Å²) in [5.74, 6) is 0.703. The number of hydrogen-bond acceptors (Lipinski definition) is 6. The van der Waals surface area contributed by atoms with E-state index in [-0.39, 0.29) is 18.4 Å². The van der Waals surface area contributed by atoms with Gasteiger partial charge in [-0.05, 0) is 51.9 Å². The van der Waals surface area contributed by atoms with Crippen LogP contribution in [0.25, 0.3) is 10.4 Å². The molecule has 9 heteroatoms. The lowest BCUT2D eigenvalue weighted by molar-refractivity contribution is 0.393. The van der Waals surface area contributed by atoms with E-state index < -0.39 is 10.0 Å². The number of sulfonamides is 1. The largest absolute Gasteiger partial charge is 0.361 e. The fourth-order valence-electron chi connectivity index (χ4n) is 2.65. The lowest BCUT2D eigenvalue weighted by Crippen LogP contribution is -2.42. The molecule has 23 heavy (non-hydrogen) atoms. The van der Waals surface area contributed by atoms with Crippen LogP contribution in [0, 0.1) is 13.8 Å². The molecule has 2 aromatic heterocycles. The Hall–Kier alpha value is -0.930. The Morgan fingerprint density at radius 2 is 2.00 bits per heavy atom. The fraction of sp³-hybridized carbons (Fsp3) is 0.500. The maximum absolute atomic E-state index is 12.5. The minimum Gasteiger partial charge on any atom is -0.361 e. The van der Waals surface area contributed by atoms with Gasteiger partial charge in [0.1, 0.15) is 9.97 Å². The van der Waals surface area contributed by atoms with Crippen molar-refractivity contribution in [2.45, 2.75) is 36.9 Å². The maximum Gasteiger partial charge on any atom is 0.250 e. The molecule has 1 aliphatic rings. The van der Waals surface area contributed by atoms with E-state index >= 15 is 0 Å². The molecular formula is C14H20ClN3O3S2. The molecule has 0 unspecified atom stereocenters. The Bertz CT molecular complexity index is 745. The number of hydrogen-bond donors (Lipinski definition) is 2. The van der Waals surface area contributed by atoms with Crippen LogP contribution in [0.4, 0.5) is 0 Å². The van der Waals surface area contributed by atoms with Crippen molar-refractivity contribution >= 4 is 33.8 Å². The number of nitrogens with one attached hydrogen (secondary N) is 2. The van der Waals surface area contributed by atoms with Crippen molar-refractivity contribution in [3.05, 3.63) is 23.6 Å². The molecule has 0 atom stereocenters. The van der Waals surface area contributed by atoms with Crippen LogP contribution in [0.15, 0.2) is 20.9 Å². The van der Waals surface area contributed by atoms with Crippen LogP contribution in [0.2, 0.25) is 0 Å². The molecule has 1 aliphatic heterocycles. The molecule has 1 fully saturated rings. The highest BCUT2D eigenvalue weighted by Crippen LogP contribution is 2.34. The van der Waals surface area contributed by atoms with Gasteiger partial charge < -0.3 is 9.84 Å². The fourth-order valence-corrected chi connectivity index (χ4v) is 5.42. The van der Waals surface area contributed by atoms with Gasteiger partial charge in [-0.15, -0.1) is 23.7 Å². The summed E-state index contributed by atoms with van der Waals surface area (Å²) in [7, 11) is -3.47. The number of aromatic nitrogens is 1. The van der Waals surface area contributed by atoms with Gasteiger partial charge in [-0.3, -0.25) is 0 Å². The number of aryl methyl sites for hydroxylation is 2. The predicted octanol–water partition coefficient (Wildman–Crippen LogP) is 2.47. The minimum atomic E-state index is -3.47. The summed E-state index contributed by atoms with van der Waals surface area (Å²) in [6, 6.07) is 3.47. The highest BCUT2D eigenvalue weighted by Gasteiger charge is 2.24. The molecule has 0 spiro atoms. The zero-order valence-electron chi connectivity index (χ0n) is 13.0. The molecule has 1 saturated heterocycles. The predicted molar refractivity (Wildman–Crippen MR) is 92.8 cm³/mol. The van der Waals surface area contributed by atoms with E-state index in [0.717, 1.165) is 42.1 Å². The van der Waals surface area contributed by atoms with E-state index in [2.05, 4.69) is 15.2 Å². The van der Waals surface area contributed by atoms with Crippen LogP contribution >= 0.6 is 23.7 Å². The average Bonchev–Trinajstić information content (AvgIpc) is 3.07. The van der Waals surface area contributed by atoms with Gasteiger partial charge in [-0.25, -0.2) is 13.1 Å². The summed E-state index contributed by atoms with van der Waals surface area (Å²) in [6.45, 7) is 5.38. The Morgan fingerprint density at radius 3 is 2.61 bits per heavy atom. The number of piperidine rings is 1. The van der Waals surface area contributed by atoms with E-state index in [1.165, 1.54) is 11.3 Å². The minimum absolute atomic E-state index is 0. The van der Waals surface area contributed by atoms with Crippen LogP contribution in [-0.4, -0.2) is 32.7 Å². The summed E-state index contributed by atoms with van der Waals surface area (Å²) in [6.07, 6.45) is 1.64. The molecule has 3 rings (SSSR count). The third kappa shape index (κ3) is 3.95. The first-order valence-corrected chi connectivity index (χ1v) is 9.53. The van der Waals surface area contributed by atoms with E-state index in [0.29, 0.717) is 9.97 Å². The average molecular weight is 378 g/mol. The van der Waals surface area contributed by atoms with Gasteiger partial charge in [-0.2, -0.15) is 0 Å². The lowest BCUT2D eigenvalue weighted by atomic mass is 10.1. The molecule has 0 radical (unpaired) electrons. The van der Waals surface area contributed by atoms with E-state index in [1.807, 2.05) is 19.9 Å². The quantitative estimate of drug-likeness (QED) is 0.855. The number of nitrogens with zero attached hydrogens (tertiary/aromatic N) is 1. The number of rotatable bonds is 4. The smallest absolute Gasteiger partial charge is 0.250 e. The SMILES string of the molecule is Cc1noc(C)c1-c1ccc(S(=O)(=O)NC2CCNCC2)s1.Cl. The Kier molecular flexibility index (Phi) is 5.85. The first kappa shape index (κ1) is 18.4. The molecule has 128 valence electrons. The number of halogens is 1. The van der Waals surface area contributed by atoms with Crippen molar-refractivity contribution in [1.29, 1.82) is 0 Å². The Labute approximate surface area is 146 Å². The number of thiophene rings is 1. The van der Waals surface area contributed by atoms with Gasteiger partial charge in [0.2, 0.25) is 10.0 Å². The summed E-state index contributed by atoms with van der Waals surface area (Å²) in [5.41, 5.74) is 1.66. The van der Waals surface area contributed by atoms with Crippen LogP contribution in [0.5, 0.6) is 0 Å². The van der Waals surface area contributed by atoms with Gasteiger partial charge >= 0.3 is 0 Å². The zero-order chi connectivity index (χ0) is 15.7. The molecule has 0 saturated carbocycles. The summed E-state index contributed by atoms with van der Waals surface area (Å²) < 4.78 is 33.3. The van der Waals surface area contributed by atoms with Crippen LogP contribution in [0.3, 0.4) is 0 Å². The lowest BCUT2D eigenvalue weighted by Gasteiger charge is -2.23. The third-order valence-electron chi connectivity index (χ3n) is 3.79. The second-order valence-electron chi connectivity index (χ2n) is 5.46. The molecule has 2 aromatic rings. The standard InChI is InChI=1S/C14H19N3O3S2.ClH/c1-9-14(10(2)20-16-9)12-3-4-13(21-12)22(18,19)17-11-5-7-15-8-6-11;/h3-4,11,15,17H,5-8H2,1-2H3;1H. The van der Waals surface area contributed by atoms with Crippen LogP contribution < -0.4 is 10.0 Å². The van der Waals surface area contributed by atoms with Gasteiger partial charge in [0.15, 0.2) is 0 Å². The molecule has 0 amide bonds. The summed E-state index contributed by atoms with van der Waals surface area (Å²) >= 11 is 1.25. The highest BCUT2D eigenvalue weighted by molar-refractivity contribution is 7.91. The monoisotopic (exact) mass is 377 g/mol. The molecule has 0 aromatic carbocycles. The topological polar surface area (TPSA) is 84.2 Å². The zero-order valence-corrected chi connectivity index (χ0v) is 15.4. The first-order valence-electron chi connectivity index (χ1n) is 7.23. The van der Waals surface area contributed by atoms with Crippen molar-refractivity contribution in [2.75, 3.05) is 13.1 Å². The van der Waals surface area contributed by atoms with E-state index in [9.17, 15) is 8.42 Å². The molecule has 3 heterocycles. The van der Waals surface area contributed by atoms with Crippen molar-refractivity contribution in [1.82, 2.24) is 15.2 Å². The first-order chi connectivity index (χ1) is 10.5. The van der Waals surface area contributed by atoms with Gasteiger partial charge in [0.25, 0.3) is 0 Å². The second-order valence-corrected chi connectivity index (χ2v) is 8.49. The summed E-state index contributed by atoms with van der Waals surface area (Å²) in [4.78, 5) is 0.863. The van der Waals surface area contributed by atoms with Crippen molar-refractivity contribution in [3.63, 3.8) is 0 Å². The van der Waals surface area contributed by atoms with Crippen LogP contribution in [0.1, 0.15) is 24.3 Å². The normalized spacial score (nSPS) is 16.3. The van der Waals surface area contributed by atoms with Crippen molar-refractivity contribution < 1.29 is 12.9 Å². The summed E-state index contributed by atoms with van der Waals surface area (Å²) in [5, 5.41) is 7.14. The Balaban J connectivity index is 0.00000192. The van der Waals surface area contributed by atoms with Gasteiger partial charge in [0.05, 0.1) is 11.3 Å². The molecular weight excluding hydrogens is 358 g/mol. The molecule has 6 nitrogen and oxygen atoms in total. The molecule has 0 aliphatic carbocycles. The van der Waals surface area contributed by atoms with E-state index in [1.54, 1.807) is 6.07 Å². The molecule has 2 N–H and O–H groups in total. The highest BCUT2D eigenvalue weighted by atomic mass is 35.5. The second kappa shape index (κ2) is 7.31. The molecule has 0 bridgehead atoms. The Morgan fingerprint density at radius 1 is 1.30 bits per heavy atom. The van der Waals surface area contributed by atoms with Crippen molar-refractivity contribution in [2.24, 2.45) is 0 Å². The van der Waals surface area contributed by atoms with E-state index in [4.69, 9.17) is 4.52 Å². The maximum atomic E-state index is 12.5. The van der Waals surface area contributed by atoms with Gasteiger partial charge in [0, 0.05) is 10.9 Å². The van der Waals surface area contributed by atoms with Crippen LogP contribution in [-0.2, 0) is 10.0 Å². The van der Waals surface area contributed by atoms with Crippen molar-refractivity contribution in [3.8, 4) is 10.4 Å². The third-order valence-corrected chi connectivity index (χ3v) is 6.90.